The number of allylic oxidation sites excluding steroid dienone is 4. The van der Waals surface area contributed by atoms with E-state index < -0.39 is 0 Å². The summed E-state index contributed by atoms with van der Waals surface area (Å²) in [6, 6.07) is 7.21. The summed E-state index contributed by atoms with van der Waals surface area (Å²) in [6.07, 6.45) is 20.3. The average Bonchev–Trinajstić information content (AvgIpc) is 3.46. The summed E-state index contributed by atoms with van der Waals surface area (Å²) in [5.74, 6) is 0.469. The molecule has 33 heavy (non-hydrogen) atoms. The van der Waals surface area contributed by atoms with Crippen LogP contribution in [0.4, 0.5) is 0 Å². The van der Waals surface area contributed by atoms with Crippen LogP contribution in [-0.2, 0) is 11.2 Å². The summed E-state index contributed by atoms with van der Waals surface area (Å²) in [5, 5.41) is 12.8. The first-order valence-corrected chi connectivity index (χ1v) is 12.9. The standard InChI is InChI=1S/C30H35NO2/c1-28-14-13-24-18-23-9-10-25(31(2,3)32)19-29(23)15-16-30(24,33-29)27(28)12-11-26(28)22-8-7-20-5-4-6-21(20)17-22/h4,6-8,11,13,17-18,25,27H,5,9-10,12,14-16,19H2,1-3H3/t25-,27+,28+,29+,30+/m0/s1. The maximum atomic E-state index is 12.8. The van der Waals surface area contributed by atoms with Gasteiger partial charge in [0.05, 0.1) is 31.3 Å². The van der Waals surface area contributed by atoms with Gasteiger partial charge in [0.25, 0.3) is 0 Å². The van der Waals surface area contributed by atoms with Crippen molar-refractivity contribution >= 4 is 11.6 Å². The molecular formula is C30H35NO2. The summed E-state index contributed by atoms with van der Waals surface area (Å²) in [7, 11) is 3.62. The number of hydroxylamine groups is 3. The van der Waals surface area contributed by atoms with Crippen molar-refractivity contribution in [2.45, 2.75) is 75.5 Å². The van der Waals surface area contributed by atoms with E-state index in [1.807, 2.05) is 14.1 Å². The molecule has 2 spiro atoms. The van der Waals surface area contributed by atoms with E-state index in [9.17, 15) is 5.21 Å². The SMILES string of the molecule is C[C@]12CC=C3C=C4CC[C@H]([N+](C)(C)[O-])C[C@]45CC[C@]3(O5)[C@@H]1CC=C2c1ccc2c(c1)C=CC2. The molecule has 0 unspecified atom stereocenters. The predicted octanol–water partition coefficient (Wildman–Crippen LogP) is 6.35. The topological polar surface area (TPSA) is 32.3 Å². The molecule has 2 bridgehead atoms. The van der Waals surface area contributed by atoms with Crippen molar-refractivity contribution in [1.29, 1.82) is 0 Å². The summed E-state index contributed by atoms with van der Waals surface area (Å²) < 4.78 is 7.11. The van der Waals surface area contributed by atoms with Gasteiger partial charge in [-0.05, 0) is 78.0 Å². The van der Waals surface area contributed by atoms with Gasteiger partial charge in [-0.3, -0.25) is 0 Å². The molecule has 1 aromatic rings. The highest BCUT2D eigenvalue weighted by Gasteiger charge is 2.65. The summed E-state index contributed by atoms with van der Waals surface area (Å²) in [6.45, 7) is 2.48. The lowest BCUT2D eigenvalue weighted by molar-refractivity contribution is -0.869. The summed E-state index contributed by atoms with van der Waals surface area (Å²) in [4.78, 5) is 0. The number of nitrogens with zero attached hydrogens (tertiary/aromatic N) is 1. The molecule has 2 heterocycles. The third kappa shape index (κ3) is 2.62. The molecule has 5 atom stereocenters. The van der Waals surface area contributed by atoms with Crippen molar-refractivity contribution in [3.8, 4) is 0 Å². The number of fused-ring (bicyclic) bond motifs is 2. The monoisotopic (exact) mass is 441 g/mol. The Kier molecular flexibility index (Phi) is 3.95. The average molecular weight is 442 g/mol. The second-order valence-corrected chi connectivity index (χ2v) is 12.2. The van der Waals surface area contributed by atoms with Crippen molar-refractivity contribution in [2.24, 2.45) is 11.3 Å². The number of ether oxygens (including phenoxy) is 1. The molecule has 0 amide bonds. The molecule has 172 valence electrons. The van der Waals surface area contributed by atoms with E-state index >= 15 is 0 Å². The van der Waals surface area contributed by atoms with Crippen LogP contribution >= 0.6 is 0 Å². The Morgan fingerprint density at radius 3 is 2.88 bits per heavy atom. The van der Waals surface area contributed by atoms with Crippen LogP contribution in [0.25, 0.3) is 11.6 Å². The van der Waals surface area contributed by atoms with E-state index in [0.29, 0.717) is 5.92 Å². The van der Waals surface area contributed by atoms with E-state index in [-0.39, 0.29) is 27.3 Å². The smallest absolute Gasteiger partial charge is 0.0980 e. The Hall–Kier alpha value is -1.94. The third-order valence-electron chi connectivity index (χ3n) is 10.2. The first kappa shape index (κ1) is 20.4. The molecule has 1 saturated carbocycles. The van der Waals surface area contributed by atoms with Gasteiger partial charge in [-0.15, -0.1) is 0 Å². The second-order valence-electron chi connectivity index (χ2n) is 12.2. The first-order chi connectivity index (χ1) is 15.7. The minimum Gasteiger partial charge on any atom is -0.633 e. The van der Waals surface area contributed by atoms with Gasteiger partial charge in [-0.1, -0.05) is 49.4 Å². The Morgan fingerprint density at radius 1 is 1.15 bits per heavy atom. The Morgan fingerprint density at radius 2 is 2.03 bits per heavy atom. The van der Waals surface area contributed by atoms with Crippen LogP contribution in [0, 0.1) is 16.5 Å². The maximum Gasteiger partial charge on any atom is 0.0980 e. The van der Waals surface area contributed by atoms with Gasteiger partial charge >= 0.3 is 0 Å². The van der Waals surface area contributed by atoms with Gasteiger partial charge in [0, 0.05) is 24.2 Å². The Bertz CT molecular complexity index is 1180. The maximum absolute atomic E-state index is 12.8. The van der Waals surface area contributed by atoms with E-state index in [0.717, 1.165) is 51.4 Å². The molecule has 3 heteroatoms. The zero-order chi connectivity index (χ0) is 22.6. The molecule has 4 aliphatic carbocycles. The van der Waals surface area contributed by atoms with Crippen LogP contribution in [0.5, 0.6) is 0 Å². The first-order valence-electron chi connectivity index (χ1n) is 12.9. The molecule has 0 aromatic heterocycles. The fourth-order valence-electron chi connectivity index (χ4n) is 8.36. The highest BCUT2D eigenvalue weighted by atomic mass is 16.5. The zero-order valence-electron chi connectivity index (χ0n) is 20.2. The minimum atomic E-state index is -0.209. The largest absolute Gasteiger partial charge is 0.633 e. The molecular weight excluding hydrogens is 406 g/mol. The summed E-state index contributed by atoms with van der Waals surface area (Å²) in [5.41, 5.74) is 8.34. The van der Waals surface area contributed by atoms with Crippen LogP contribution in [0.1, 0.15) is 68.6 Å². The third-order valence-corrected chi connectivity index (χ3v) is 10.2. The highest BCUT2D eigenvalue weighted by Crippen LogP contribution is 2.67. The van der Waals surface area contributed by atoms with Crippen molar-refractivity contribution in [2.75, 3.05) is 14.1 Å². The summed E-state index contributed by atoms with van der Waals surface area (Å²) >= 11 is 0. The molecule has 2 aliphatic heterocycles. The molecule has 7 rings (SSSR count). The highest BCUT2D eigenvalue weighted by molar-refractivity contribution is 5.77. The molecule has 1 aromatic carbocycles. The van der Waals surface area contributed by atoms with Crippen LogP contribution in [0.2, 0.25) is 0 Å². The van der Waals surface area contributed by atoms with Crippen LogP contribution in [-0.4, -0.2) is 36.0 Å². The molecule has 0 radical (unpaired) electrons. The minimum absolute atomic E-state index is 0.0961. The lowest BCUT2D eigenvalue weighted by atomic mass is 9.58. The van der Waals surface area contributed by atoms with Crippen LogP contribution < -0.4 is 0 Å². The van der Waals surface area contributed by atoms with Crippen LogP contribution in [0.3, 0.4) is 0 Å². The number of hydrogen-bond donors (Lipinski definition) is 0. The molecule has 6 aliphatic rings. The van der Waals surface area contributed by atoms with Crippen molar-refractivity contribution in [3.05, 3.63) is 75.5 Å². The zero-order valence-corrected chi connectivity index (χ0v) is 20.2. The van der Waals surface area contributed by atoms with Gasteiger partial charge in [-0.25, -0.2) is 0 Å². The van der Waals surface area contributed by atoms with E-state index in [1.54, 1.807) is 0 Å². The fourth-order valence-corrected chi connectivity index (χ4v) is 8.36. The van der Waals surface area contributed by atoms with Gasteiger partial charge in [-0.2, -0.15) is 0 Å². The lowest BCUT2D eigenvalue weighted by Crippen LogP contribution is -2.56. The molecule has 0 N–H and O–H groups in total. The van der Waals surface area contributed by atoms with Crippen molar-refractivity contribution in [3.63, 3.8) is 0 Å². The van der Waals surface area contributed by atoms with Gasteiger partial charge in [0.2, 0.25) is 0 Å². The normalized spacial score (nSPS) is 40.4. The van der Waals surface area contributed by atoms with Crippen LogP contribution in [0.15, 0.2) is 53.6 Å². The van der Waals surface area contributed by atoms with E-state index in [2.05, 4.69) is 55.5 Å². The molecule has 1 saturated heterocycles. The number of benzene rings is 1. The van der Waals surface area contributed by atoms with Gasteiger partial charge < -0.3 is 14.6 Å². The quantitative estimate of drug-likeness (QED) is 0.396. The van der Waals surface area contributed by atoms with E-state index in [1.165, 1.54) is 33.4 Å². The lowest BCUT2D eigenvalue weighted by Gasteiger charge is -2.55. The fraction of sp³-hybridized carbons (Fsp3) is 0.533. The van der Waals surface area contributed by atoms with Gasteiger partial charge in [0.1, 0.15) is 0 Å². The number of rotatable bonds is 2. The molecule has 3 nitrogen and oxygen atoms in total. The van der Waals surface area contributed by atoms with Gasteiger partial charge in [0.15, 0.2) is 0 Å². The van der Waals surface area contributed by atoms with E-state index in [4.69, 9.17) is 4.74 Å². The number of hydrogen-bond acceptors (Lipinski definition) is 2. The predicted molar refractivity (Wildman–Crippen MR) is 133 cm³/mol. The Labute approximate surface area is 197 Å². The van der Waals surface area contributed by atoms with Crippen molar-refractivity contribution in [1.82, 2.24) is 0 Å². The number of quaternary nitrogens is 1. The van der Waals surface area contributed by atoms with Crippen molar-refractivity contribution < 1.29 is 9.38 Å². The Balaban J connectivity index is 1.27. The second kappa shape index (κ2) is 6.38. The molecule has 2 fully saturated rings.